The number of imidazole rings is 1. The molecule has 3 rings (SSSR count). The normalized spacial score (nSPS) is 13.6. The number of rotatable bonds is 2. The summed E-state index contributed by atoms with van der Waals surface area (Å²) < 4.78 is 1.90. The van der Waals surface area contributed by atoms with E-state index in [1.165, 1.54) is 5.56 Å². The highest BCUT2D eigenvalue weighted by molar-refractivity contribution is 5.96. The van der Waals surface area contributed by atoms with E-state index in [-0.39, 0.29) is 5.91 Å². The average molecular weight is 213 g/mol. The molecule has 4 heteroatoms. The van der Waals surface area contributed by atoms with E-state index in [1.807, 2.05) is 34.9 Å². The number of amides is 1. The highest BCUT2D eigenvalue weighted by atomic mass is 16.2. The van der Waals surface area contributed by atoms with Crippen LogP contribution in [0, 0.1) is 0 Å². The van der Waals surface area contributed by atoms with Gasteiger partial charge in [-0.2, -0.15) is 0 Å². The maximum atomic E-state index is 11.6. The van der Waals surface area contributed by atoms with E-state index < -0.39 is 0 Å². The van der Waals surface area contributed by atoms with Crippen LogP contribution in [0.15, 0.2) is 36.7 Å². The molecular formula is C12H11N3O. The molecule has 0 atom stereocenters. The molecule has 1 N–H and O–H groups in total. The van der Waals surface area contributed by atoms with Gasteiger partial charge in [-0.05, 0) is 5.56 Å². The molecule has 1 aliphatic heterocycles. The third-order valence-corrected chi connectivity index (χ3v) is 2.74. The molecule has 16 heavy (non-hydrogen) atoms. The standard InChI is InChI=1S/C12H11N3O/c16-12-11-10(6-13-12)14-8-15(11)7-9-4-2-1-3-5-9/h1-5,8H,6-7H2,(H,13,16). The Kier molecular flexibility index (Phi) is 1.99. The van der Waals surface area contributed by atoms with Gasteiger partial charge in [0.25, 0.3) is 5.91 Å². The van der Waals surface area contributed by atoms with Gasteiger partial charge in [0.15, 0.2) is 0 Å². The predicted molar refractivity (Wildman–Crippen MR) is 58.9 cm³/mol. The smallest absolute Gasteiger partial charge is 0.270 e. The second kappa shape index (κ2) is 3.48. The lowest BCUT2D eigenvalue weighted by molar-refractivity contribution is 0.0957. The third kappa shape index (κ3) is 1.39. The Balaban J connectivity index is 1.95. The van der Waals surface area contributed by atoms with E-state index in [2.05, 4.69) is 10.3 Å². The number of hydrogen-bond acceptors (Lipinski definition) is 2. The summed E-state index contributed by atoms with van der Waals surface area (Å²) in [5.74, 6) is -0.0246. The van der Waals surface area contributed by atoms with Crippen LogP contribution < -0.4 is 5.32 Å². The van der Waals surface area contributed by atoms with E-state index in [1.54, 1.807) is 6.33 Å². The molecule has 1 aromatic carbocycles. The molecule has 4 nitrogen and oxygen atoms in total. The van der Waals surface area contributed by atoms with Gasteiger partial charge < -0.3 is 9.88 Å². The van der Waals surface area contributed by atoms with E-state index in [0.29, 0.717) is 18.8 Å². The van der Waals surface area contributed by atoms with Crippen molar-refractivity contribution in [2.75, 3.05) is 0 Å². The van der Waals surface area contributed by atoms with E-state index >= 15 is 0 Å². The molecule has 80 valence electrons. The van der Waals surface area contributed by atoms with Gasteiger partial charge in [0.1, 0.15) is 5.69 Å². The lowest BCUT2D eigenvalue weighted by Gasteiger charge is -2.04. The molecule has 1 amide bonds. The van der Waals surface area contributed by atoms with E-state index in [9.17, 15) is 4.79 Å². The van der Waals surface area contributed by atoms with Gasteiger partial charge in [-0.15, -0.1) is 0 Å². The Morgan fingerprint density at radius 1 is 1.31 bits per heavy atom. The van der Waals surface area contributed by atoms with E-state index in [4.69, 9.17) is 0 Å². The summed E-state index contributed by atoms with van der Waals surface area (Å²) in [5, 5.41) is 2.77. The summed E-state index contributed by atoms with van der Waals surface area (Å²) in [5.41, 5.74) is 2.71. The predicted octanol–water partition coefficient (Wildman–Crippen LogP) is 1.17. The molecule has 0 aliphatic carbocycles. The van der Waals surface area contributed by atoms with Crippen molar-refractivity contribution in [3.05, 3.63) is 53.6 Å². The topological polar surface area (TPSA) is 46.9 Å². The minimum absolute atomic E-state index is 0.0246. The first-order valence-corrected chi connectivity index (χ1v) is 5.21. The summed E-state index contributed by atoms with van der Waals surface area (Å²) >= 11 is 0. The van der Waals surface area contributed by atoms with Crippen molar-refractivity contribution in [1.29, 1.82) is 0 Å². The fourth-order valence-corrected chi connectivity index (χ4v) is 1.96. The average Bonchev–Trinajstić information content (AvgIpc) is 2.86. The first kappa shape index (κ1) is 9.15. The van der Waals surface area contributed by atoms with Crippen LogP contribution in [0.25, 0.3) is 0 Å². The fourth-order valence-electron chi connectivity index (χ4n) is 1.96. The maximum absolute atomic E-state index is 11.6. The molecule has 2 heterocycles. The Labute approximate surface area is 92.9 Å². The van der Waals surface area contributed by atoms with Crippen LogP contribution in [0.2, 0.25) is 0 Å². The fraction of sp³-hybridized carbons (Fsp3) is 0.167. The van der Waals surface area contributed by atoms with Crippen molar-refractivity contribution < 1.29 is 4.79 Å². The molecule has 0 bridgehead atoms. The largest absolute Gasteiger partial charge is 0.345 e. The van der Waals surface area contributed by atoms with Crippen LogP contribution in [-0.2, 0) is 13.1 Å². The molecule has 0 radical (unpaired) electrons. The van der Waals surface area contributed by atoms with Gasteiger partial charge in [0.05, 0.1) is 18.6 Å². The summed E-state index contributed by atoms with van der Waals surface area (Å²) in [6, 6.07) is 10.0. The molecule has 0 fully saturated rings. The van der Waals surface area contributed by atoms with Gasteiger partial charge in [0.2, 0.25) is 0 Å². The third-order valence-electron chi connectivity index (χ3n) is 2.74. The number of benzene rings is 1. The number of fused-ring (bicyclic) bond motifs is 1. The quantitative estimate of drug-likeness (QED) is 0.814. The number of hydrogen-bond donors (Lipinski definition) is 1. The monoisotopic (exact) mass is 213 g/mol. The van der Waals surface area contributed by atoms with Crippen molar-refractivity contribution in [3.8, 4) is 0 Å². The zero-order valence-corrected chi connectivity index (χ0v) is 8.68. The zero-order chi connectivity index (χ0) is 11.0. The number of carbonyl (C=O) groups excluding carboxylic acids is 1. The molecule has 0 saturated heterocycles. The highest BCUT2D eigenvalue weighted by Crippen LogP contribution is 2.15. The molecule has 1 aliphatic rings. The SMILES string of the molecule is O=C1NCc2ncn(Cc3ccccc3)c21. The minimum atomic E-state index is -0.0246. The first-order valence-electron chi connectivity index (χ1n) is 5.21. The van der Waals surface area contributed by atoms with Crippen molar-refractivity contribution in [2.24, 2.45) is 0 Å². The van der Waals surface area contributed by atoms with Gasteiger partial charge in [-0.1, -0.05) is 30.3 Å². The molecule has 0 saturated carbocycles. The Bertz CT molecular complexity index is 530. The first-order chi connectivity index (χ1) is 7.84. The van der Waals surface area contributed by atoms with Crippen LogP contribution in [0.5, 0.6) is 0 Å². The van der Waals surface area contributed by atoms with Crippen molar-refractivity contribution >= 4 is 5.91 Å². The zero-order valence-electron chi connectivity index (χ0n) is 8.68. The number of carbonyl (C=O) groups is 1. The Morgan fingerprint density at radius 3 is 2.94 bits per heavy atom. The molecule has 1 aromatic heterocycles. The van der Waals surface area contributed by atoms with Crippen molar-refractivity contribution in [3.63, 3.8) is 0 Å². The lowest BCUT2D eigenvalue weighted by Crippen LogP contribution is -2.17. The van der Waals surface area contributed by atoms with Gasteiger partial charge in [-0.25, -0.2) is 4.98 Å². The molecular weight excluding hydrogens is 202 g/mol. The molecule has 2 aromatic rings. The minimum Gasteiger partial charge on any atom is -0.345 e. The summed E-state index contributed by atoms with van der Waals surface area (Å²) in [6.45, 7) is 1.24. The van der Waals surface area contributed by atoms with Crippen LogP contribution in [-0.4, -0.2) is 15.5 Å². The van der Waals surface area contributed by atoms with Crippen molar-refractivity contribution in [2.45, 2.75) is 13.1 Å². The Hall–Kier alpha value is -2.10. The van der Waals surface area contributed by atoms with Gasteiger partial charge in [0, 0.05) is 6.54 Å². The van der Waals surface area contributed by atoms with Gasteiger partial charge in [-0.3, -0.25) is 4.79 Å². The van der Waals surface area contributed by atoms with Crippen LogP contribution in [0.3, 0.4) is 0 Å². The molecule has 0 unspecified atom stereocenters. The maximum Gasteiger partial charge on any atom is 0.270 e. The summed E-state index contributed by atoms with van der Waals surface area (Å²) in [7, 11) is 0. The number of aromatic nitrogens is 2. The van der Waals surface area contributed by atoms with Crippen molar-refractivity contribution in [1.82, 2.24) is 14.9 Å². The van der Waals surface area contributed by atoms with Gasteiger partial charge >= 0.3 is 0 Å². The molecule has 0 spiro atoms. The highest BCUT2D eigenvalue weighted by Gasteiger charge is 2.24. The van der Waals surface area contributed by atoms with Crippen LogP contribution >= 0.6 is 0 Å². The number of nitrogens with zero attached hydrogens (tertiary/aromatic N) is 2. The van der Waals surface area contributed by atoms with Crippen LogP contribution in [0.4, 0.5) is 0 Å². The second-order valence-electron chi connectivity index (χ2n) is 3.84. The van der Waals surface area contributed by atoms with Crippen LogP contribution in [0.1, 0.15) is 21.7 Å². The lowest BCUT2D eigenvalue weighted by atomic mass is 10.2. The van der Waals surface area contributed by atoms with E-state index in [0.717, 1.165) is 5.69 Å². The Morgan fingerprint density at radius 2 is 2.12 bits per heavy atom. The summed E-state index contributed by atoms with van der Waals surface area (Å²) in [4.78, 5) is 15.8. The number of nitrogens with one attached hydrogen (secondary N) is 1. The second-order valence-corrected chi connectivity index (χ2v) is 3.84. The summed E-state index contributed by atoms with van der Waals surface area (Å²) in [6.07, 6.45) is 1.73.